The fraction of sp³-hybridized carbons (Fsp3) is 0.318. The second kappa shape index (κ2) is 9.60. The summed E-state index contributed by atoms with van der Waals surface area (Å²) in [6.07, 6.45) is 0.433. The lowest BCUT2D eigenvalue weighted by Crippen LogP contribution is -2.40. The van der Waals surface area contributed by atoms with Gasteiger partial charge in [-0.1, -0.05) is 23.4 Å². The summed E-state index contributed by atoms with van der Waals surface area (Å²) in [6, 6.07) is 15.5. The Morgan fingerprint density at radius 3 is 2.44 bits per heavy atom. The van der Waals surface area contributed by atoms with Crippen molar-refractivity contribution in [3.8, 4) is 11.5 Å². The Bertz CT molecular complexity index is 1160. The minimum Gasteiger partial charge on any atom is -0.379 e. The van der Waals surface area contributed by atoms with E-state index in [2.05, 4.69) is 10.1 Å². The average Bonchev–Trinajstić information content (AvgIpc) is 3.32. The van der Waals surface area contributed by atoms with Crippen molar-refractivity contribution in [2.24, 2.45) is 0 Å². The lowest BCUT2D eigenvalue weighted by molar-refractivity contribution is 0.0730. The minimum atomic E-state index is -3.59. The first-order valence-corrected chi connectivity index (χ1v) is 11.7. The molecule has 32 heavy (non-hydrogen) atoms. The molecule has 168 valence electrons. The van der Waals surface area contributed by atoms with Crippen molar-refractivity contribution in [1.82, 2.24) is 19.3 Å². The average molecular weight is 457 g/mol. The van der Waals surface area contributed by atoms with Gasteiger partial charge in [-0.3, -0.25) is 4.79 Å². The first-order valence-electron chi connectivity index (χ1n) is 10.3. The molecule has 9 nitrogen and oxygen atoms in total. The fourth-order valence-electron chi connectivity index (χ4n) is 3.35. The van der Waals surface area contributed by atoms with Gasteiger partial charge in [0.15, 0.2) is 5.82 Å². The van der Waals surface area contributed by atoms with Gasteiger partial charge in [0.1, 0.15) is 0 Å². The number of benzene rings is 2. The van der Waals surface area contributed by atoms with Crippen molar-refractivity contribution in [2.45, 2.75) is 11.3 Å². The Labute approximate surface area is 186 Å². The zero-order valence-electron chi connectivity index (χ0n) is 17.7. The van der Waals surface area contributed by atoms with E-state index >= 15 is 0 Å². The maximum Gasteiger partial charge on any atom is 0.257 e. The predicted octanol–water partition coefficient (Wildman–Crippen LogP) is 2.07. The summed E-state index contributed by atoms with van der Waals surface area (Å²) < 4.78 is 37.3. The highest BCUT2D eigenvalue weighted by Gasteiger charge is 2.26. The number of ether oxygens (including phenoxy) is 1. The van der Waals surface area contributed by atoms with Crippen LogP contribution >= 0.6 is 0 Å². The zero-order valence-corrected chi connectivity index (χ0v) is 18.5. The van der Waals surface area contributed by atoms with E-state index < -0.39 is 10.0 Å². The summed E-state index contributed by atoms with van der Waals surface area (Å²) in [6.45, 7) is 1.81. The molecule has 3 aromatic rings. The second-order valence-electron chi connectivity index (χ2n) is 7.40. The van der Waals surface area contributed by atoms with Crippen molar-refractivity contribution in [3.05, 3.63) is 66.0 Å². The summed E-state index contributed by atoms with van der Waals surface area (Å²) in [5.74, 6) is 0.731. The van der Waals surface area contributed by atoms with Crippen molar-refractivity contribution in [3.63, 3.8) is 0 Å². The van der Waals surface area contributed by atoms with Crippen LogP contribution in [0.25, 0.3) is 11.5 Å². The quantitative estimate of drug-likeness (QED) is 0.536. The summed E-state index contributed by atoms with van der Waals surface area (Å²) in [7, 11) is -1.91. The van der Waals surface area contributed by atoms with Crippen LogP contribution in [0.1, 0.15) is 16.2 Å². The highest BCUT2D eigenvalue weighted by atomic mass is 32.2. The molecule has 0 unspecified atom stereocenters. The van der Waals surface area contributed by atoms with E-state index in [0.717, 1.165) is 5.56 Å². The molecular formula is C22H24N4O5S. The molecule has 2 heterocycles. The van der Waals surface area contributed by atoms with E-state index in [1.807, 2.05) is 30.3 Å². The lowest BCUT2D eigenvalue weighted by atomic mass is 10.2. The van der Waals surface area contributed by atoms with E-state index in [1.165, 1.54) is 28.6 Å². The number of hydrogen-bond donors (Lipinski definition) is 0. The van der Waals surface area contributed by atoms with Gasteiger partial charge < -0.3 is 14.2 Å². The molecule has 1 fully saturated rings. The van der Waals surface area contributed by atoms with Crippen molar-refractivity contribution < 1.29 is 22.5 Å². The smallest absolute Gasteiger partial charge is 0.257 e. The second-order valence-corrected chi connectivity index (χ2v) is 9.34. The highest BCUT2D eigenvalue weighted by Crippen LogP contribution is 2.19. The summed E-state index contributed by atoms with van der Waals surface area (Å²) in [5, 5.41) is 3.98. The van der Waals surface area contributed by atoms with Gasteiger partial charge in [-0.25, -0.2) is 8.42 Å². The molecule has 1 saturated heterocycles. The molecule has 10 heteroatoms. The van der Waals surface area contributed by atoms with Gasteiger partial charge in [-0.2, -0.15) is 9.29 Å². The zero-order chi connectivity index (χ0) is 22.6. The van der Waals surface area contributed by atoms with E-state index in [9.17, 15) is 13.2 Å². The molecule has 1 aliphatic heterocycles. The Balaban J connectivity index is 1.36. The van der Waals surface area contributed by atoms with Crippen LogP contribution < -0.4 is 0 Å². The molecule has 0 bridgehead atoms. The number of carbonyl (C=O) groups excluding carboxylic acids is 1. The Morgan fingerprint density at radius 1 is 1.06 bits per heavy atom. The van der Waals surface area contributed by atoms with Gasteiger partial charge in [-0.05, 0) is 36.4 Å². The predicted molar refractivity (Wildman–Crippen MR) is 116 cm³/mol. The third-order valence-electron chi connectivity index (χ3n) is 5.22. The van der Waals surface area contributed by atoms with Gasteiger partial charge in [0.25, 0.3) is 11.8 Å². The maximum absolute atomic E-state index is 12.7. The van der Waals surface area contributed by atoms with Crippen LogP contribution in [-0.2, 0) is 21.2 Å². The third-order valence-corrected chi connectivity index (χ3v) is 7.13. The molecular weight excluding hydrogens is 432 g/mol. The van der Waals surface area contributed by atoms with Crippen LogP contribution in [-0.4, -0.2) is 73.6 Å². The Morgan fingerprint density at radius 2 is 1.75 bits per heavy atom. The summed E-state index contributed by atoms with van der Waals surface area (Å²) >= 11 is 0. The monoisotopic (exact) mass is 456 g/mol. The molecule has 1 aliphatic rings. The van der Waals surface area contributed by atoms with Gasteiger partial charge >= 0.3 is 0 Å². The molecule has 0 N–H and O–H groups in total. The molecule has 1 amide bonds. The van der Waals surface area contributed by atoms with E-state index in [0.29, 0.717) is 56.5 Å². The van der Waals surface area contributed by atoms with E-state index in [-0.39, 0.29) is 10.8 Å². The summed E-state index contributed by atoms with van der Waals surface area (Å²) in [5.41, 5.74) is 1.24. The van der Waals surface area contributed by atoms with Crippen LogP contribution in [0.15, 0.2) is 64.0 Å². The number of likely N-dealkylation sites (N-methyl/N-ethyl adjacent to an activating group) is 1. The minimum absolute atomic E-state index is 0.166. The molecule has 0 aliphatic carbocycles. The van der Waals surface area contributed by atoms with Crippen LogP contribution in [0.2, 0.25) is 0 Å². The Hall–Kier alpha value is -3.08. The first kappa shape index (κ1) is 22.1. The van der Waals surface area contributed by atoms with Gasteiger partial charge in [0.05, 0.1) is 18.1 Å². The standard InChI is InChI=1S/C22H24N4O5S/c1-25(12-11-20-23-21(31-24-20)17-5-3-2-4-6-17)22(27)18-7-9-19(10-8-18)32(28,29)26-13-15-30-16-14-26/h2-10H,11-16H2,1H3. The number of hydrogen-bond acceptors (Lipinski definition) is 7. The number of nitrogens with zero attached hydrogens (tertiary/aromatic N) is 4. The number of aromatic nitrogens is 2. The van der Waals surface area contributed by atoms with Gasteiger partial charge in [0.2, 0.25) is 10.0 Å². The van der Waals surface area contributed by atoms with Crippen molar-refractivity contribution in [2.75, 3.05) is 39.9 Å². The van der Waals surface area contributed by atoms with Crippen molar-refractivity contribution >= 4 is 15.9 Å². The number of rotatable bonds is 7. The molecule has 0 atom stereocenters. The Kier molecular flexibility index (Phi) is 6.63. The largest absolute Gasteiger partial charge is 0.379 e. The number of sulfonamides is 1. The van der Waals surface area contributed by atoms with E-state index in [1.54, 1.807) is 11.9 Å². The number of carbonyl (C=O) groups is 1. The number of morpholine rings is 1. The molecule has 0 radical (unpaired) electrons. The molecule has 4 rings (SSSR count). The van der Waals surface area contributed by atoms with Crippen LogP contribution in [0, 0.1) is 0 Å². The van der Waals surface area contributed by atoms with Crippen LogP contribution in [0.5, 0.6) is 0 Å². The van der Waals surface area contributed by atoms with Crippen LogP contribution in [0.3, 0.4) is 0 Å². The fourth-order valence-corrected chi connectivity index (χ4v) is 4.76. The van der Waals surface area contributed by atoms with E-state index in [4.69, 9.17) is 9.26 Å². The number of amides is 1. The molecule has 2 aromatic carbocycles. The highest BCUT2D eigenvalue weighted by molar-refractivity contribution is 7.89. The molecule has 1 aromatic heterocycles. The first-order chi connectivity index (χ1) is 15.4. The summed E-state index contributed by atoms with van der Waals surface area (Å²) in [4.78, 5) is 18.8. The SMILES string of the molecule is CN(CCc1noc(-c2ccccc2)n1)C(=O)c1ccc(S(=O)(=O)N2CCOCC2)cc1. The third kappa shape index (κ3) is 4.87. The molecule has 0 spiro atoms. The topological polar surface area (TPSA) is 106 Å². The van der Waals surface area contributed by atoms with Crippen LogP contribution in [0.4, 0.5) is 0 Å². The normalized spacial score (nSPS) is 14.9. The van der Waals surface area contributed by atoms with Gasteiger partial charge in [-0.15, -0.1) is 0 Å². The van der Waals surface area contributed by atoms with Crippen molar-refractivity contribution in [1.29, 1.82) is 0 Å². The molecule has 0 saturated carbocycles. The lowest BCUT2D eigenvalue weighted by Gasteiger charge is -2.26. The van der Waals surface area contributed by atoms with Gasteiger partial charge in [0, 0.05) is 44.2 Å². The maximum atomic E-state index is 12.7.